The highest BCUT2D eigenvalue weighted by Gasteiger charge is 2.24. The molecule has 1 amide bonds. The van der Waals surface area contributed by atoms with Crippen molar-refractivity contribution < 1.29 is 18.5 Å². The maximum Gasteiger partial charge on any atom is 0.340 e. The Morgan fingerprint density at radius 1 is 1.27 bits per heavy atom. The summed E-state index contributed by atoms with van der Waals surface area (Å²) in [4.78, 5) is 24.6. The quantitative estimate of drug-likeness (QED) is 0.842. The summed E-state index contributed by atoms with van der Waals surface area (Å²) in [6.07, 6.45) is 4.83. The molecule has 2 atom stereocenters. The molecule has 1 aromatic carbocycles. The first-order chi connectivity index (χ1) is 10.5. The van der Waals surface area contributed by atoms with Crippen molar-refractivity contribution in [2.24, 2.45) is 0 Å². The van der Waals surface area contributed by atoms with Crippen molar-refractivity contribution in [3.63, 3.8) is 0 Å². The van der Waals surface area contributed by atoms with Crippen LogP contribution < -0.4 is 5.32 Å². The van der Waals surface area contributed by atoms with Crippen LogP contribution in [0.4, 0.5) is 0 Å². The van der Waals surface area contributed by atoms with Gasteiger partial charge in [-0.05, 0) is 31.9 Å². The van der Waals surface area contributed by atoms with Crippen molar-refractivity contribution in [1.29, 1.82) is 0 Å². The van der Waals surface area contributed by atoms with E-state index in [1.807, 2.05) is 0 Å². The molecule has 1 saturated carbocycles. The predicted molar refractivity (Wildman–Crippen MR) is 84.1 cm³/mol. The number of benzene rings is 1. The minimum absolute atomic E-state index is 0.184. The van der Waals surface area contributed by atoms with E-state index in [0.29, 0.717) is 4.90 Å². The van der Waals surface area contributed by atoms with Crippen LogP contribution in [0.3, 0.4) is 0 Å². The zero-order valence-corrected chi connectivity index (χ0v) is 13.7. The fourth-order valence-corrected chi connectivity index (χ4v) is 3.28. The van der Waals surface area contributed by atoms with Gasteiger partial charge in [-0.25, -0.2) is 4.79 Å². The molecule has 1 aliphatic rings. The molecular formula is C16H21NO4S. The van der Waals surface area contributed by atoms with E-state index in [1.165, 1.54) is 6.26 Å². The van der Waals surface area contributed by atoms with Crippen molar-refractivity contribution in [1.82, 2.24) is 5.32 Å². The van der Waals surface area contributed by atoms with E-state index in [4.69, 9.17) is 4.74 Å². The molecule has 1 aromatic rings. The van der Waals surface area contributed by atoms with Gasteiger partial charge in [0.15, 0.2) is 6.10 Å². The Bertz CT molecular complexity index is 581. The Morgan fingerprint density at radius 3 is 2.55 bits per heavy atom. The van der Waals surface area contributed by atoms with Gasteiger partial charge in [0.2, 0.25) is 0 Å². The molecule has 6 heteroatoms. The minimum atomic E-state index is -1.29. The third-order valence-electron chi connectivity index (χ3n) is 3.77. The van der Waals surface area contributed by atoms with Gasteiger partial charge in [0.25, 0.3) is 5.91 Å². The van der Waals surface area contributed by atoms with Gasteiger partial charge in [0, 0.05) is 12.3 Å². The lowest BCUT2D eigenvalue weighted by Crippen LogP contribution is -2.40. The first-order valence-electron chi connectivity index (χ1n) is 7.43. The van der Waals surface area contributed by atoms with Crippen LogP contribution in [-0.2, 0) is 20.3 Å². The summed E-state index contributed by atoms with van der Waals surface area (Å²) >= 11 is 0. The van der Waals surface area contributed by atoms with Crippen LogP contribution in [-0.4, -0.2) is 34.5 Å². The lowest BCUT2D eigenvalue weighted by Gasteiger charge is -2.17. The number of nitrogens with one attached hydrogen (secondary N) is 1. The van der Waals surface area contributed by atoms with Crippen LogP contribution >= 0.6 is 0 Å². The van der Waals surface area contributed by atoms with E-state index in [9.17, 15) is 13.8 Å². The van der Waals surface area contributed by atoms with E-state index < -0.39 is 22.9 Å². The summed E-state index contributed by atoms with van der Waals surface area (Å²) in [6, 6.07) is 6.75. The fourth-order valence-electron chi connectivity index (χ4n) is 2.55. The van der Waals surface area contributed by atoms with E-state index in [2.05, 4.69) is 5.32 Å². The van der Waals surface area contributed by atoms with Crippen LogP contribution in [0.15, 0.2) is 29.2 Å². The predicted octanol–water partition coefficient (Wildman–Crippen LogP) is 2.03. The zero-order chi connectivity index (χ0) is 16.1. The Labute approximate surface area is 132 Å². The smallest absolute Gasteiger partial charge is 0.340 e. The van der Waals surface area contributed by atoms with Gasteiger partial charge in [0.05, 0.1) is 21.3 Å². The number of carbonyl (C=O) groups excluding carboxylic acids is 2. The molecule has 5 nitrogen and oxygen atoms in total. The highest BCUT2D eigenvalue weighted by molar-refractivity contribution is 7.84. The molecule has 1 N–H and O–H groups in total. The summed E-state index contributed by atoms with van der Waals surface area (Å²) in [5, 5.41) is 2.90. The number of esters is 1. The monoisotopic (exact) mass is 323 g/mol. The molecule has 2 rings (SSSR count). The molecule has 22 heavy (non-hydrogen) atoms. The highest BCUT2D eigenvalue weighted by Crippen LogP contribution is 2.18. The molecule has 0 radical (unpaired) electrons. The molecule has 0 heterocycles. The summed E-state index contributed by atoms with van der Waals surface area (Å²) in [5.74, 6) is -0.907. The van der Waals surface area contributed by atoms with E-state index >= 15 is 0 Å². The Balaban J connectivity index is 1.99. The van der Waals surface area contributed by atoms with Crippen LogP contribution in [0, 0.1) is 0 Å². The van der Waals surface area contributed by atoms with Crippen molar-refractivity contribution in [3.8, 4) is 0 Å². The molecule has 1 fully saturated rings. The van der Waals surface area contributed by atoms with Crippen molar-refractivity contribution in [2.75, 3.05) is 6.26 Å². The Kier molecular flexibility index (Phi) is 5.71. The number of amides is 1. The van der Waals surface area contributed by atoms with Gasteiger partial charge in [-0.3, -0.25) is 9.00 Å². The molecule has 0 unspecified atom stereocenters. The maximum absolute atomic E-state index is 12.2. The van der Waals surface area contributed by atoms with E-state index in [1.54, 1.807) is 31.2 Å². The van der Waals surface area contributed by atoms with Gasteiger partial charge in [-0.15, -0.1) is 0 Å². The minimum Gasteiger partial charge on any atom is -0.449 e. The van der Waals surface area contributed by atoms with Gasteiger partial charge < -0.3 is 10.1 Å². The zero-order valence-electron chi connectivity index (χ0n) is 12.8. The van der Waals surface area contributed by atoms with Crippen LogP contribution in [0.2, 0.25) is 0 Å². The summed E-state index contributed by atoms with van der Waals surface area (Å²) in [6.45, 7) is 1.55. The average molecular weight is 323 g/mol. The first kappa shape index (κ1) is 16.7. The molecule has 0 aliphatic heterocycles. The molecule has 0 saturated heterocycles. The van der Waals surface area contributed by atoms with Gasteiger partial charge in [0.1, 0.15) is 0 Å². The summed E-state index contributed by atoms with van der Waals surface area (Å²) in [5.41, 5.74) is 0.240. The standard InChI is InChI=1S/C16H21NO4S/c1-11(15(18)17-12-7-3-4-8-12)21-16(19)13-9-5-6-10-14(13)22(2)20/h5-6,9-12H,3-4,7-8H2,1-2H3,(H,17,18)/t11-,22-/m0/s1. The first-order valence-corrected chi connectivity index (χ1v) is 8.98. The molecule has 0 spiro atoms. The van der Waals surface area contributed by atoms with E-state index in [-0.39, 0.29) is 17.5 Å². The third kappa shape index (κ3) is 4.16. The van der Waals surface area contributed by atoms with Crippen molar-refractivity contribution in [3.05, 3.63) is 29.8 Å². The molecule has 120 valence electrons. The lowest BCUT2D eigenvalue weighted by atomic mass is 10.2. The Hall–Kier alpha value is -1.69. The van der Waals surface area contributed by atoms with Gasteiger partial charge in [-0.1, -0.05) is 25.0 Å². The van der Waals surface area contributed by atoms with E-state index in [0.717, 1.165) is 25.7 Å². The fraction of sp³-hybridized carbons (Fsp3) is 0.500. The second-order valence-electron chi connectivity index (χ2n) is 5.49. The number of rotatable bonds is 5. The lowest BCUT2D eigenvalue weighted by molar-refractivity contribution is -0.129. The van der Waals surface area contributed by atoms with Crippen molar-refractivity contribution in [2.45, 2.75) is 49.6 Å². The molecular weight excluding hydrogens is 302 g/mol. The summed E-state index contributed by atoms with van der Waals surface area (Å²) in [7, 11) is -1.29. The van der Waals surface area contributed by atoms with Crippen LogP contribution in [0.5, 0.6) is 0 Å². The maximum atomic E-state index is 12.2. The number of carbonyl (C=O) groups is 2. The molecule has 1 aliphatic carbocycles. The number of hydrogen-bond donors (Lipinski definition) is 1. The molecule has 0 bridgehead atoms. The topological polar surface area (TPSA) is 72.5 Å². The molecule has 0 aromatic heterocycles. The van der Waals surface area contributed by atoms with Gasteiger partial charge >= 0.3 is 5.97 Å². The largest absolute Gasteiger partial charge is 0.449 e. The highest BCUT2D eigenvalue weighted by atomic mass is 32.2. The van der Waals surface area contributed by atoms with Crippen LogP contribution in [0.25, 0.3) is 0 Å². The third-order valence-corrected chi connectivity index (χ3v) is 4.75. The average Bonchev–Trinajstić information content (AvgIpc) is 2.99. The number of hydrogen-bond acceptors (Lipinski definition) is 4. The van der Waals surface area contributed by atoms with Crippen molar-refractivity contribution >= 4 is 22.7 Å². The van der Waals surface area contributed by atoms with Crippen LogP contribution in [0.1, 0.15) is 43.0 Å². The normalized spacial score (nSPS) is 17.7. The second kappa shape index (κ2) is 7.54. The van der Waals surface area contributed by atoms with Gasteiger partial charge in [-0.2, -0.15) is 0 Å². The second-order valence-corrected chi connectivity index (χ2v) is 6.84. The SMILES string of the molecule is C[C@H](OC(=O)c1ccccc1[S@](C)=O)C(=O)NC1CCCC1. The summed E-state index contributed by atoms with van der Waals surface area (Å²) < 4.78 is 16.9. The number of ether oxygens (including phenoxy) is 1. The Morgan fingerprint density at radius 2 is 1.91 bits per heavy atom.